The van der Waals surface area contributed by atoms with Crippen LogP contribution in [-0.2, 0) is 24.3 Å². The van der Waals surface area contributed by atoms with Crippen LogP contribution in [0.3, 0.4) is 0 Å². The van der Waals surface area contributed by atoms with Gasteiger partial charge in [0.1, 0.15) is 5.75 Å². The highest BCUT2D eigenvalue weighted by Crippen LogP contribution is 2.22. The van der Waals surface area contributed by atoms with Crippen LogP contribution in [0.15, 0.2) is 77.6 Å². The molecule has 7 heteroatoms. The Morgan fingerprint density at radius 2 is 1.60 bits per heavy atom. The molecule has 0 spiro atoms. The highest BCUT2D eigenvalue weighted by molar-refractivity contribution is 5.79. The number of benzene rings is 3. The lowest BCUT2D eigenvalue weighted by molar-refractivity contribution is -0.134. The lowest BCUT2D eigenvalue weighted by atomic mass is 10.00. The molecule has 4 aromatic rings. The summed E-state index contributed by atoms with van der Waals surface area (Å²) in [6.45, 7) is 6.44. The molecule has 0 saturated carbocycles. The number of amides is 1. The number of H-pyrrole nitrogens is 1. The van der Waals surface area contributed by atoms with Crippen LogP contribution in [0.25, 0.3) is 11.0 Å². The molecule has 0 atom stereocenters. The Labute approximate surface area is 236 Å². The zero-order valence-corrected chi connectivity index (χ0v) is 23.6. The smallest absolute Gasteiger partial charge is 0.326 e. The fraction of sp³-hybridized carbons (Fsp3) is 0.394. The first-order chi connectivity index (χ1) is 19.5. The number of aromatic amines is 1. The van der Waals surface area contributed by atoms with Crippen LogP contribution >= 0.6 is 0 Å². The van der Waals surface area contributed by atoms with Gasteiger partial charge in [0.25, 0.3) is 0 Å². The molecule has 0 aliphatic carbocycles. The Kier molecular flexibility index (Phi) is 9.01. The van der Waals surface area contributed by atoms with E-state index in [1.165, 1.54) is 11.1 Å². The highest BCUT2D eigenvalue weighted by atomic mass is 16.5. The summed E-state index contributed by atoms with van der Waals surface area (Å²) in [7, 11) is 1.65. The standard InChI is InChI=1S/C33H40N4O3/c1-25-9-11-27(12-10-25)24-37(32(38)23-26-13-15-29(40-2)16-14-26)28-17-21-35(22-18-28)19-5-6-20-36-31-8-4-3-7-30(31)34-33(36)39/h3-4,7-16,28H,5-6,17-24H2,1-2H3,(H,34,39). The number of fused-ring (bicyclic) bond motifs is 1. The van der Waals surface area contributed by atoms with Gasteiger partial charge in [-0.1, -0.05) is 54.1 Å². The number of aromatic nitrogens is 2. The van der Waals surface area contributed by atoms with Gasteiger partial charge < -0.3 is 19.5 Å². The van der Waals surface area contributed by atoms with Gasteiger partial charge in [-0.2, -0.15) is 0 Å². The predicted molar refractivity (Wildman–Crippen MR) is 160 cm³/mol. The minimum absolute atomic E-state index is 0.0324. The first-order valence-corrected chi connectivity index (χ1v) is 14.4. The highest BCUT2D eigenvalue weighted by Gasteiger charge is 2.28. The zero-order chi connectivity index (χ0) is 27.9. The summed E-state index contributed by atoms with van der Waals surface area (Å²) in [5.74, 6) is 0.974. The molecule has 1 aliphatic heterocycles. The van der Waals surface area contributed by atoms with Crippen molar-refractivity contribution in [2.45, 2.75) is 58.2 Å². The van der Waals surface area contributed by atoms with Crippen molar-refractivity contribution in [1.82, 2.24) is 19.4 Å². The summed E-state index contributed by atoms with van der Waals surface area (Å²) in [5.41, 5.74) is 5.24. The molecule has 7 nitrogen and oxygen atoms in total. The maximum absolute atomic E-state index is 13.6. The number of piperidine rings is 1. The number of unbranched alkanes of at least 4 members (excludes halogenated alkanes) is 1. The van der Waals surface area contributed by atoms with E-state index in [1.54, 1.807) is 7.11 Å². The number of carbonyl (C=O) groups excluding carboxylic acids is 1. The first kappa shape index (κ1) is 27.7. The van der Waals surface area contributed by atoms with Crippen molar-refractivity contribution >= 4 is 16.9 Å². The fourth-order valence-electron chi connectivity index (χ4n) is 5.72. The summed E-state index contributed by atoms with van der Waals surface area (Å²) in [6.07, 6.45) is 4.34. The Bertz CT molecular complexity index is 1450. The van der Waals surface area contributed by atoms with E-state index >= 15 is 0 Å². The molecule has 0 unspecified atom stereocenters. The largest absolute Gasteiger partial charge is 0.497 e. The van der Waals surface area contributed by atoms with Crippen LogP contribution in [0.1, 0.15) is 42.4 Å². The Hall–Kier alpha value is -3.84. The second-order valence-corrected chi connectivity index (χ2v) is 10.9. The molecule has 40 heavy (non-hydrogen) atoms. The number of imidazole rings is 1. The van der Waals surface area contributed by atoms with Crippen molar-refractivity contribution in [3.8, 4) is 5.75 Å². The van der Waals surface area contributed by atoms with Crippen LogP contribution in [0.2, 0.25) is 0 Å². The molecule has 2 heterocycles. The van der Waals surface area contributed by atoms with Crippen LogP contribution in [-0.4, -0.2) is 58.0 Å². The first-order valence-electron chi connectivity index (χ1n) is 14.4. The third-order valence-corrected chi connectivity index (χ3v) is 8.09. The van der Waals surface area contributed by atoms with Crippen LogP contribution in [0.4, 0.5) is 0 Å². The summed E-state index contributed by atoms with van der Waals surface area (Å²) in [5, 5.41) is 0. The number of ether oxygens (including phenoxy) is 1. The number of para-hydroxylation sites is 2. The third-order valence-electron chi connectivity index (χ3n) is 8.09. The molecule has 210 valence electrons. The van der Waals surface area contributed by atoms with Crippen molar-refractivity contribution in [2.24, 2.45) is 0 Å². The quantitative estimate of drug-likeness (QED) is 0.267. The molecule has 0 bridgehead atoms. The summed E-state index contributed by atoms with van der Waals surface area (Å²) in [6, 6.07) is 24.4. The Balaban J connectivity index is 1.15. The van der Waals surface area contributed by atoms with Gasteiger partial charge in [0.15, 0.2) is 0 Å². The molecule has 5 rings (SSSR count). The van der Waals surface area contributed by atoms with Crippen molar-refractivity contribution in [3.63, 3.8) is 0 Å². The fourth-order valence-corrected chi connectivity index (χ4v) is 5.72. The number of aryl methyl sites for hydroxylation is 2. The average molecular weight is 541 g/mol. The van der Waals surface area contributed by atoms with Crippen molar-refractivity contribution in [2.75, 3.05) is 26.7 Å². The number of hydrogen-bond donors (Lipinski definition) is 1. The van der Waals surface area contributed by atoms with Gasteiger partial charge in [0.2, 0.25) is 5.91 Å². The number of nitrogens with one attached hydrogen (secondary N) is 1. The molecule has 3 aromatic carbocycles. The average Bonchev–Trinajstić information content (AvgIpc) is 3.30. The van der Waals surface area contributed by atoms with Crippen LogP contribution < -0.4 is 10.4 Å². The number of likely N-dealkylation sites (tertiary alicyclic amines) is 1. The molecule has 1 fully saturated rings. The lowest BCUT2D eigenvalue weighted by Crippen LogP contribution is -2.47. The molecule has 0 radical (unpaired) electrons. The van der Waals surface area contributed by atoms with E-state index in [1.807, 2.05) is 53.1 Å². The molecule has 1 saturated heterocycles. The van der Waals surface area contributed by atoms with Crippen LogP contribution in [0, 0.1) is 6.92 Å². The van der Waals surface area contributed by atoms with Gasteiger partial charge in [-0.3, -0.25) is 9.36 Å². The van der Waals surface area contributed by atoms with Crippen molar-refractivity contribution < 1.29 is 9.53 Å². The van der Waals surface area contributed by atoms with Gasteiger partial charge >= 0.3 is 5.69 Å². The molecule has 1 amide bonds. The van der Waals surface area contributed by atoms with E-state index in [0.717, 1.165) is 74.2 Å². The van der Waals surface area contributed by atoms with E-state index in [9.17, 15) is 9.59 Å². The number of rotatable bonds is 11. The van der Waals surface area contributed by atoms with E-state index < -0.39 is 0 Å². The van der Waals surface area contributed by atoms with Crippen molar-refractivity contribution in [1.29, 1.82) is 0 Å². The number of methoxy groups -OCH3 is 1. The molecule has 1 N–H and O–H groups in total. The van der Waals surface area contributed by atoms with E-state index in [-0.39, 0.29) is 17.6 Å². The van der Waals surface area contributed by atoms with E-state index in [0.29, 0.717) is 13.0 Å². The maximum Gasteiger partial charge on any atom is 0.326 e. The Morgan fingerprint density at radius 1 is 0.925 bits per heavy atom. The minimum Gasteiger partial charge on any atom is -0.497 e. The molecule has 1 aromatic heterocycles. The lowest BCUT2D eigenvalue weighted by Gasteiger charge is -2.39. The predicted octanol–water partition coefficient (Wildman–Crippen LogP) is 5.16. The van der Waals surface area contributed by atoms with Gasteiger partial charge in [0.05, 0.1) is 24.6 Å². The molecule has 1 aliphatic rings. The zero-order valence-electron chi connectivity index (χ0n) is 23.6. The number of hydrogen-bond acceptors (Lipinski definition) is 4. The monoisotopic (exact) mass is 540 g/mol. The van der Waals surface area contributed by atoms with Gasteiger partial charge in [-0.05, 0) is 74.5 Å². The topological polar surface area (TPSA) is 70.6 Å². The van der Waals surface area contributed by atoms with Crippen molar-refractivity contribution in [3.05, 3.63) is 100.0 Å². The van der Waals surface area contributed by atoms with Gasteiger partial charge in [-0.15, -0.1) is 0 Å². The van der Waals surface area contributed by atoms with Crippen LogP contribution in [0.5, 0.6) is 5.75 Å². The third kappa shape index (κ3) is 6.83. The second-order valence-electron chi connectivity index (χ2n) is 10.9. The summed E-state index contributed by atoms with van der Waals surface area (Å²) >= 11 is 0. The molecular weight excluding hydrogens is 500 g/mol. The summed E-state index contributed by atoms with van der Waals surface area (Å²) in [4.78, 5) is 33.5. The Morgan fingerprint density at radius 3 is 2.33 bits per heavy atom. The number of nitrogens with zero attached hydrogens (tertiary/aromatic N) is 3. The summed E-state index contributed by atoms with van der Waals surface area (Å²) < 4.78 is 7.12. The van der Waals surface area contributed by atoms with E-state index in [2.05, 4.69) is 46.0 Å². The molecular formula is C33H40N4O3. The minimum atomic E-state index is -0.0324. The van der Waals surface area contributed by atoms with Gasteiger partial charge in [-0.25, -0.2) is 4.79 Å². The van der Waals surface area contributed by atoms with Gasteiger partial charge in [0, 0.05) is 32.2 Å². The van der Waals surface area contributed by atoms with E-state index in [4.69, 9.17) is 4.74 Å². The SMILES string of the molecule is COc1ccc(CC(=O)N(Cc2ccc(C)cc2)C2CCN(CCCCn3c(=O)[nH]c4ccccc43)CC2)cc1. The second kappa shape index (κ2) is 13.0. The number of carbonyl (C=O) groups is 1. The normalized spacial score (nSPS) is 14.4. The maximum atomic E-state index is 13.6.